The summed E-state index contributed by atoms with van der Waals surface area (Å²) in [6, 6.07) is 11.8. The smallest absolute Gasteiger partial charge is 0.173 e. The van der Waals surface area contributed by atoms with Crippen molar-refractivity contribution in [3.8, 4) is 11.8 Å². The first-order valence-electron chi connectivity index (χ1n) is 10.4. The minimum Gasteiger partial charge on any atom is -0.378 e. The van der Waals surface area contributed by atoms with Crippen LogP contribution in [0.4, 0.5) is 5.00 Å². The summed E-state index contributed by atoms with van der Waals surface area (Å²) in [5.74, 6) is 7.05. The monoisotopic (exact) mass is 448 g/mol. The van der Waals surface area contributed by atoms with Gasteiger partial charge in [0.25, 0.3) is 0 Å². The van der Waals surface area contributed by atoms with E-state index < -0.39 is 0 Å². The summed E-state index contributed by atoms with van der Waals surface area (Å²) in [6.07, 6.45) is 4.85. The number of morpholine rings is 1. The zero-order chi connectivity index (χ0) is 21.2. The second-order valence-electron chi connectivity index (χ2n) is 7.68. The van der Waals surface area contributed by atoms with Gasteiger partial charge in [0.15, 0.2) is 5.78 Å². The van der Waals surface area contributed by atoms with Crippen molar-refractivity contribution in [2.45, 2.75) is 18.8 Å². The van der Waals surface area contributed by atoms with Crippen molar-refractivity contribution in [1.29, 1.82) is 0 Å². The number of Topliss-reactive ketones (excluding diaryl/α,β-unsaturated/α-hetero) is 1. The number of carbonyl (C=O) groups excluding carboxylic acids is 1. The number of ketones is 1. The molecular weight excluding hydrogens is 428 g/mol. The number of benzene rings is 1. The number of hydrogen-bond donors (Lipinski definition) is 0. The second kappa shape index (κ2) is 8.84. The van der Waals surface area contributed by atoms with E-state index in [1.54, 1.807) is 23.7 Å². The number of anilines is 1. The van der Waals surface area contributed by atoms with Crippen LogP contribution >= 0.6 is 22.9 Å². The van der Waals surface area contributed by atoms with Gasteiger partial charge in [0.1, 0.15) is 5.00 Å². The Hall–Kier alpha value is -2.65. The van der Waals surface area contributed by atoms with E-state index in [1.807, 2.05) is 24.3 Å². The predicted octanol–water partition coefficient (Wildman–Crippen LogP) is 5.14. The minimum atomic E-state index is 0.134. The van der Waals surface area contributed by atoms with Gasteiger partial charge in [0, 0.05) is 48.4 Å². The molecule has 1 atom stereocenters. The molecule has 5 rings (SSSR count). The molecule has 1 unspecified atom stereocenters. The summed E-state index contributed by atoms with van der Waals surface area (Å²) >= 11 is 7.72. The van der Waals surface area contributed by atoms with Crippen LogP contribution in [-0.2, 0) is 4.74 Å². The molecule has 2 aliphatic rings. The van der Waals surface area contributed by atoms with E-state index in [-0.39, 0.29) is 11.7 Å². The lowest BCUT2D eigenvalue weighted by atomic mass is 9.80. The first kappa shape index (κ1) is 20.3. The van der Waals surface area contributed by atoms with Crippen molar-refractivity contribution in [2.24, 2.45) is 0 Å². The quantitative estimate of drug-likeness (QED) is 0.509. The van der Waals surface area contributed by atoms with Crippen molar-refractivity contribution in [3.63, 3.8) is 0 Å². The standard InChI is InChI=1S/C25H21ClN2O2S/c26-19-6-4-18(5-7-19)20-9-10-22(29)24-23(20)21(8-3-17-2-1-11-27-16-17)25(31-24)28-12-14-30-15-13-28/h1-2,4-7,11,16,20H,9-10,12-15H2. The largest absolute Gasteiger partial charge is 0.378 e. The van der Waals surface area contributed by atoms with Gasteiger partial charge in [-0.2, -0.15) is 0 Å². The number of hydrogen-bond acceptors (Lipinski definition) is 5. The number of aromatic nitrogens is 1. The van der Waals surface area contributed by atoms with Crippen molar-refractivity contribution in [3.05, 3.63) is 80.9 Å². The molecule has 1 aliphatic carbocycles. The molecular formula is C25H21ClN2O2S. The van der Waals surface area contributed by atoms with Crippen LogP contribution in [-0.4, -0.2) is 37.1 Å². The average Bonchev–Trinajstić information content (AvgIpc) is 3.20. The zero-order valence-corrected chi connectivity index (χ0v) is 18.5. The van der Waals surface area contributed by atoms with Crippen LogP contribution in [0.5, 0.6) is 0 Å². The molecule has 0 spiro atoms. The molecule has 0 amide bonds. The second-order valence-corrected chi connectivity index (χ2v) is 9.12. The van der Waals surface area contributed by atoms with Gasteiger partial charge in [-0.15, -0.1) is 11.3 Å². The van der Waals surface area contributed by atoms with Crippen molar-refractivity contribution < 1.29 is 9.53 Å². The third-order valence-corrected chi connectivity index (χ3v) is 7.31. The number of thiophene rings is 1. The molecule has 1 aromatic carbocycles. The Morgan fingerprint density at radius 2 is 1.94 bits per heavy atom. The number of fused-ring (bicyclic) bond motifs is 1. The van der Waals surface area contributed by atoms with E-state index in [0.717, 1.165) is 46.1 Å². The summed E-state index contributed by atoms with van der Waals surface area (Å²) in [4.78, 5) is 20.3. The first-order chi connectivity index (χ1) is 15.2. The molecule has 1 fully saturated rings. The highest BCUT2D eigenvalue weighted by Crippen LogP contribution is 2.47. The number of pyridine rings is 1. The molecule has 31 heavy (non-hydrogen) atoms. The summed E-state index contributed by atoms with van der Waals surface area (Å²) in [5.41, 5.74) is 4.08. The normalized spacial score (nSPS) is 18.3. The molecule has 2 aromatic heterocycles. The van der Waals surface area contributed by atoms with Crippen LogP contribution in [0.1, 0.15) is 50.7 Å². The minimum absolute atomic E-state index is 0.134. The number of nitrogens with zero attached hydrogens (tertiary/aromatic N) is 2. The predicted molar refractivity (Wildman–Crippen MR) is 124 cm³/mol. The van der Waals surface area contributed by atoms with Gasteiger partial charge in [-0.05, 0) is 41.8 Å². The van der Waals surface area contributed by atoms with Crippen LogP contribution in [0, 0.1) is 11.8 Å². The highest BCUT2D eigenvalue weighted by atomic mass is 35.5. The van der Waals surface area contributed by atoms with Crippen LogP contribution in [0.15, 0.2) is 48.8 Å². The summed E-state index contributed by atoms with van der Waals surface area (Å²) < 4.78 is 5.55. The SMILES string of the molecule is O=C1CCC(c2ccc(Cl)cc2)c2c1sc(N1CCOCC1)c2C#Cc1cccnc1. The molecule has 1 aliphatic heterocycles. The maximum Gasteiger partial charge on any atom is 0.173 e. The van der Waals surface area contributed by atoms with Crippen molar-refractivity contribution >= 4 is 33.7 Å². The van der Waals surface area contributed by atoms with Gasteiger partial charge in [-0.3, -0.25) is 9.78 Å². The maximum atomic E-state index is 12.9. The van der Waals surface area contributed by atoms with E-state index in [1.165, 1.54) is 5.56 Å². The zero-order valence-electron chi connectivity index (χ0n) is 16.9. The Balaban J connectivity index is 1.67. The van der Waals surface area contributed by atoms with Gasteiger partial charge in [0.2, 0.25) is 0 Å². The van der Waals surface area contributed by atoms with Crippen LogP contribution in [0.25, 0.3) is 0 Å². The fraction of sp³-hybridized carbons (Fsp3) is 0.280. The Labute approximate surface area is 190 Å². The number of rotatable bonds is 2. The fourth-order valence-corrected chi connectivity index (χ4v) is 5.68. The number of carbonyl (C=O) groups is 1. The molecule has 0 radical (unpaired) electrons. The summed E-state index contributed by atoms with van der Waals surface area (Å²) in [6.45, 7) is 2.99. The fourth-order valence-electron chi connectivity index (χ4n) is 4.21. The molecule has 1 saturated heterocycles. The van der Waals surface area contributed by atoms with E-state index >= 15 is 0 Å². The van der Waals surface area contributed by atoms with Crippen molar-refractivity contribution in [1.82, 2.24) is 4.98 Å². The average molecular weight is 449 g/mol. The number of ether oxygens (including phenoxy) is 1. The van der Waals surface area contributed by atoms with Gasteiger partial charge in [-0.25, -0.2) is 0 Å². The third kappa shape index (κ3) is 4.12. The van der Waals surface area contributed by atoms with Crippen LogP contribution < -0.4 is 4.90 Å². The van der Waals surface area contributed by atoms with E-state index in [2.05, 4.69) is 33.9 Å². The Morgan fingerprint density at radius 1 is 1.13 bits per heavy atom. The Bertz CT molecular complexity index is 1160. The molecule has 6 heteroatoms. The molecule has 4 nitrogen and oxygen atoms in total. The molecule has 156 valence electrons. The molecule has 0 N–H and O–H groups in total. The topological polar surface area (TPSA) is 42.4 Å². The molecule has 0 saturated carbocycles. The van der Waals surface area contributed by atoms with E-state index in [0.29, 0.717) is 24.7 Å². The van der Waals surface area contributed by atoms with Crippen LogP contribution in [0.3, 0.4) is 0 Å². The van der Waals surface area contributed by atoms with Crippen LogP contribution in [0.2, 0.25) is 5.02 Å². The highest BCUT2D eigenvalue weighted by Gasteiger charge is 2.34. The maximum absolute atomic E-state index is 12.9. The third-order valence-electron chi connectivity index (χ3n) is 5.75. The van der Waals surface area contributed by atoms with Crippen molar-refractivity contribution in [2.75, 3.05) is 31.2 Å². The number of halogens is 1. The van der Waals surface area contributed by atoms with E-state index in [4.69, 9.17) is 16.3 Å². The lowest BCUT2D eigenvalue weighted by Gasteiger charge is -2.28. The molecule has 3 heterocycles. The lowest BCUT2D eigenvalue weighted by Crippen LogP contribution is -2.36. The molecule has 0 bridgehead atoms. The van der Waals surface area contributed by atoms with E-state index in [9.17, 15) is 4.79 Å². The van der Waals surface area contributed by atoms with Gasteiger partial charge in [-0.1, -0.05) is 35.6 Å². The first-order valence-corrected chi connectivity index (χ1v) is 11.6. The Kier molecular flexibility index (Phi) is 5.78. The Morgan fingerprint density at radius 3 is 2.68 bits per heavy atom. The highest BCUT2D eigenvalue weighted by molar-refractivity contribution is 7.18. The summed E-state index contributed by atoms with van der Waals surface area (Å²) in [7, 11) is 0. The molecule has 3 aromatic rings. The van der Waals surface area contributed by atoms with Gasteiger partial charge < -0.3 is 9.64 Å². The summed E-state index contributed by atoms with van der Waals surface area (Å²) in [5, 5.41) is 1.80. The van der Waals surface area contributed by atoms with Gasteiger partial charge >= 0.3 is 0 Å². The van der Waals surface area contributed by atoms with Gasteiger partial charge in [0.05, 0.1) is 23.7 Å². The lowest BCUT2D eigenvalue weighted by molar-refractivity contribution is 0.0974.